The third-order valence-corrected chi connectivity index (χ3v) is 3.76. The quantitative estimate of drug-likeness (QED) is 0.440. The van der Waals surface area contributed by atoms with Gasteiger partial charge < -0.3 is 20.1 Å². The van der Waals surface area contributed by atoms with Gasteiger partial charge in [0.15, 0.2) is 0 Å². The second-order valence-corrected chi connectivity index (χ2v) is 5.96. The Kier molecular flexibility index (Phi) is 9.94. The summed E-state index contributed by atoms with van der Waals surface area (Å²) in [5.74, 6) is -2.33. The summed E-state index contributed by atoms with van der Waals surface area (Å²) in [7, 11) is 0. The predicted molar refractivity (Wildman–Crippen MR) is 102 cm³/mol. The first-order chi connectivity index (χ1) is 13.3. The van der Waals surface area contributed by atoms with Crippen LogP contribution in [0.3, 0.4) is 0 Å². The molecule has 1 heterocycles. The van der Waals surface area contributed by atoms with E-state index in [4.69, 9.17) is 21.1 Å². The molecule has 2 N–H and O–H groups in total. The number of rotatable bonds is 10. The molecule has 9 nitrogen and oxygen atoms in total. The van der Waals surface area contributed by atoms with Crippen LogP contribution in [0.2, 0.25) is 0 Å². The van der Waals surface area contributed by atoms with E-state index in [2.05, 4.69) is 15.6 Å². The Hall–Kier alpha value is -2.68. The fourth-order valence-corrected chi connectivity index (χ4v) is 2.36. The number of aryl methyl sites for hydroxylation is 1. The minimum absolute atomic E-state index is 0.0340. The predicted octanol–water partition coefficient (Wildman–Crippen LogP) is 1.57. The number of nitrogens with one attached hydrogen (secondary N) is 2. The SMILES string of the molecule is CCOC(=O)CCC(NC(=O)c1ncc(NC(=O)CCl)cc1C)C(=O)OCC. The first kappa shape index (κ1) is 23.4. The molecule has 1 unspecified atom stereocenters. The van der Waals surface area contributed by atoms with E-state index < -0.39 is 29.8 Å². The van der Waals surface area contributed by atoms with E-state index in [1.807, 2.05) is 0 Å². The zero-order valence-corrected chi connectivity index (χ0v) is 16.8. The van der Waals surface area contributed by atoms with Gasteiger partial charge in [-0.2, -0.15) is 0 Å². The van der Waals surface area contributed by atoms with Gasteiger partial charge in [0.05, 0.1) is 25.1 Å². The van der Waals surface area contributed by atoms with Gasteiger partial charge in [0.25, 0.3) is 5.91 Å². The van der Waals surface area contributed by atoms with E-state index in [0.29, 0.717) is 11.3 Å². The number of hydrogen-bond donors (Lipinski definition) is 2. The van der Waals surface area contributed by atoms with E-state index in [1.54, 1.807) is 26.8 Å². The van der Waals surface area contributed by atoms with Gasteiger partial charge in [-0.1, -0.05) is 0 Å². The molecule has 0 saturated heterocycles. The van der Waals surface area contributed by atoms with E-state index >= 15 is 0 Å². The molecule has 0 bridgehead atoms. The van der Waals surface area contributed by atoms with Gasteiger partial charge in [-0.15, -0.1) is 11.6 Å². The molecule has 10 heteroatoms. The average molecular weight is 414 g/mol. The van der Waals surface area contributed by atoms with Gasteiger partial charge >= 0.3 is 11.9 Å². The number of anilines is 1. The summed E-state index contributed by atoms with van der Waals surface area (Å²) in [6.07, 6.45) is 1.30. The van der Waals surface area contributed by atoms with Crippen molar-refractivity contribution in [2.45, 2.75) is 39.7 Å². The molecule has 0 fully saturated rings. The summed E-state index contributed by atoms with van der Waals surface area (Å²) in [6.45, 7) is 5.32. The second-order valence-electron chi connectivity index (χ2n) is 5.69. The summed E-state index contributed by atoms with van der Waals surface area (Å²) in [6, 6.07) is 0.540. The summed E-state index contributed by atoms with van der Waals surface area (Å²) in [4.78, 5) is 51.6. The number of hydrogen-bond acceptors (Lipinski definition) is 7. The molecule has 1 rings (SSSR count). The number of amides is 2. The van der Waals surface area contributed by atoms with Crippen LogP contribution >= 0.6 is 11.6 Å². The summed E-state index contributed by atoms with van der Waals surface area (Å²) < 4.78 is 9.79. The lowest BCUT2D eigenvalue weighted by molar-refractivity contribution is -0.146. The normalized spacial score (nSPS) is 11.3. The minimum atomic E-state index is -1.02. The van der Waals surface area contributed by atoms with Gasteiger partial charge in [0.1, 0.15) is 17.6 Å². The molecule has 2 amide bonds. The molecule has 28 heavy (non-hydrogen) atoms. The molecule has 1 atom stereocenters. The molecule has 1 aromatic heterocycles. The number of aromatic nitrogens is 1. The van der Waals surface area contributed by atoms with E-state index in [-0.39, 0.29) is 37.6 Å². The average Bonchev–Trinajstić information content (AvgIpc) is 2.65. The Morgan fingerprint density at radius 3 is 2.43 bits per heavy atom. The molecule has 0 saturated carbocycles. The fraction of sp³-hybridized carbons (Fsp3) is 0.500. The highest BCUT2D eigenvalue weighted by atomic mass is 35.5. The first-order valence-corrected chi connectivity index (χ1v) is 9.31. The zero-order chi connectivity index (χ0) is 21.1. The number of ether oxygens (including phenoxy) is 2. The Labute approximate surface area is 168 Å². The first-order valence-electron chi connectivity index (χ1n) is 8.77. The molecule has 0 aromatic carbocycles. The third-order valence-electron chi connectivity index (χ3n) is 3.52. The van der Waals surface area contributed by atoms with Crippen molar-refractivity contribution >= 4 is 41.0 Å². The Balaban J connectivity index is 2.86. The van der Waals surface area contributed by atoms with Crippen LogP contribution in [0.5, 0.6) is 0 Å². The summed E-state index contributed by atoms with van der Waals surface area (Å²) in [5, 5.41) is 5.06. The number of pyridine rings is 1. The van der Waals surface area contributed by atoms with Crippen molar-refractivity contribution in [2.24, 2.45) is 0 Å². The van der Waals surface area contributed by atoms with Crippen molar-refractivity contribution in [3.63, 3.8) is 0 Å². The van der Waals surface area contributed by atoms with Crippen molar-refractivity contribution < 1.29 is 28.7 Å². The molecule has 1 aromatic rings. The maximum absolute atomic E-state index is 12.5. The lowest BCUT2D eigenvalue weighted by atomic mass is 10.1. The van der Waals surface area contributed by atoms with Crippen LogP contribution in [-0.4, -0.2) is 53.9 Å². The molecule has 0 spiro atoms. The maximum Gasteiger partial charge on any atom is 0.328 e. The zero-order valence-electron chi connectivity index (χ0n) is 16.0. The van der Waals surface area contributed by atoms with Crippen molar-refractivity contribution in [3.05, 3.63) is 23.5 Å². The summed E-state index contributed by atoms with van der Waals surface area (Å²) in [5.41, 5.74) is 0.955. The Bertz CT molecular complexity index is 725. The van der Waals surface area contributed by atoms with Gasteiger partial charge in [-0.25, -0.2) is 9.78 Å². The number of nitrogens with zero attached hydrogens (tertiary/aromatic N) is 1. The maximum atomic E-state index is 12.5. The topological polar surface area (TPSA) is 124 Å². The highest BCUT2D eigenvalue weighted by Crippen LogP contribution is 2.13. The molecular formula is C18H24ClN3O6. The van der Waals surface area contributed by atoms with Crippen molar-refractivity contribution in [2.75, 3.05) is 24.4 Å². The third kappa shape index (κ3) is 7.51. The standard InChI is InChI=1S/C18H24ClN3O6/c1-4-27-15(24)7-6-13(18(26)28-5-2)22-17(25)16-11(3)8-12(10-20-16)21-14(23)9-19/h8,10,13H,4-7,9H2,1-3H3,(H,21,23)(H,22,25). The van der Waals surface area contributed by atoms with Crippen LogP contribution in [0, 0.1) is 6.92 Å². The number of carbonyl (C=O) groups excluding carboxylic acids is 4. The van der Waals surface area contributed by atoms with Crippen molar-refractivity contribution in [1.29, 1.82) is 0 Å². The van der Waals surface area contributed by atoms with Crippen molar-refractivity contribution in [3.8, 4) is 0 Å². The van der Waals surface area contributed by atoms with Crippen LogP contribution in [0.1, 0.15) is 42.7 Å². The van der Waals surface area contributed by atoms with Crippen LogP contribution in [0.15, 0.2) is 12.3 Å². The van der Waals surface area contributed by atoms with Crippen LogP contribution in [0.4, 0.5) is 5.69 Å². The fourth-order valence-electron chi connectivity index (χ4n) is 2.29. The van der Waals surface area contributed by atoms with E-state index in [0.717, 1.165) is 0 Å². The lowest BCUT2D eigenvalue weighted by Crippen LogP contribution is -2.42. The number of esters is 2. The smallest absolute Gasteiger partial charge is 0.328 e. The number of carbonyl (C=O) groups is 4. The molecular weight excluding hydrogens is 390 g/mol. The van der Waals surface area contributed by atoms with Gasteiger partial charge in [0.2, 0.25) is 5.91 Å². The second kappa shape index (κ2) is 11.9. The highest BCUT2D eigenvalue weighted by Gasteiger charge is 2.25. The van der Waals surface area contributed by atoms with Crippen LogP contribution < -0.4 is 10.6 Å². The molecule has 0 radical (unpaired) electrons. The highest BCUT2D eigenvalue weighted by molar-refractivity contribution is 6.29. The minimum Gasteiger partial charge on any atom is -0.466 e. The van der Waals surface area contributed by atoms with Gasteiger partial charge in [-0.3, -0.25) is 14.4 Å². The van der Waals surface area contributed by atoms with Gasteiger partial charge in [0, 0.05) is 6.42 Å². The molecule has 0 aliphatic rings. The molecule has 0 aliphatic heterocycles. The Morgan fingerprint density at radius 1 is 1.18 bits per heavy atom. The largest absolute Gasteiger partial charge is 0.466 e. The van der Waals surface area contributed by atoms with Crippen LogP contribution in [0.25, 0.3) is 0 Å². The monoisotopic (exact) mass is 413 g/mol. The molecule has 0 aliphatic carbocycles. The van der Waals surface area contributed by atoms with Crippen LogP contribution in [-0.2, 0) is 23.9 Å². The van der Waals surface area contributed by atoms with Gasteiger partial charge in [-0.05, 0) is 38.8 Å². The lowest BCUT2D eigenvalue weighted by Gasteiger charge is -2.17. The Morgan fingerprint density at radius 2 is 1.86 bits per heavy atom. The van der Waals surface area contributed by atoms with E-state index in [1.165, 1.54) is 6.20 Å². The number of alkyl halides is 1. The molecule has 154 valence electrons. The summed E-state index contributed by atoms with van der Waals surface area (Å²) >= 11 is 5.43. The van der Waals surface area contributed by atoms with E-state index in [9.17, 15) is 19.2 Å². The number of halogens is 1. The van der Waals surface area contributed by atoms with Crippen molar-refractivity contribution in [1.82, 2.24) is 10.3 Å².